The maximum absolute atomic E-state index is 10.7. The van der Waals surface area contributed by atoms with E-state index in [2.05, 4.69) is 5.18 Å². The van der Waals surface area contributed by atoms with Crippen molar-refractivity contribution in [2.75, 3.05) is 0 Å². The van der Waals surface area contributed by atoms with Crippen molar-refractivity contribution in [1.82, 2.24) is 0 Å². The van der Waals surface area contributed by atoms with Gasteiger partial charge in [0.1, 0.15) is 15.8 Å². The summed E-state index contributed by atoms with van der Waals surface area (Å²) >= 11 is 0. The molecule has 0 aliphatic heterocycles. The second kappa shape index (κ2) is 3.47. The molecule has 1 aromatic carbocycles. The van der Waals surface area contributed by atoms with Gasteiger partial charge < -0.3 is 4.55 Å². The van der Waals surface area contributed by atoms with Crippen molar-refractivity contribution in [3.8, 4) is 0 Å². The largest absolute Gasteiger partial charge is 0.744 e. The molecule has 0 radical (unpaired) electrons. The van der Waals surface area contributed by atoms with Crippen LogP contribution in [0.5, 0.6) is 0 Å². The fraction of sp³-hybridized carbons (Fsp3) is 0.250. The molecular weight excluding hydrogens is 206 g/mol. The molecule has 14 heavy (non-hydrogen) atoms. The van der Waals surface area contributed by atoms with Crippen LogP contribution < -0.4 is 0 Å². The summed E-state index contributed by atoms with van der Waals surface area (Å²) in [6, 6.07) is 2.29. The summed E-state index contributed by atoms with van der Waals surface area (Å²) in [6.07, 6.45) is 0. The second-order valence-corrected chi connectivity index (χ2v) is 4.33. The second-order valence-electron chi connectivity index (χ2n) is 2.95. The summed E-state index contributed by atoms with van der Waals surface area (Å²) in [7, 11) is -4.47. The van der Waals surface area contributed by atoms with Gasteiger partial charge in [-0.2, -0.15) is 0 Å². The van der Waals surface area contributed by atoms with Crippen LogP contribution >= 0.6 is 0 Å². The lowest BCUT2D eigenvalue weighted by atomic mass is 10.1. The summed E-state index contributed by atoms with van der Waals surface area (Å²) in [4.78, 5) is 10.00. The van der Waals surface area contributed by atoms with Gasteiger partial charge in [-0.1, -0.05) is 0 Å². The van der Waals surface area contributed by atoms with Crippen molar-refractivity contribution >= 4 is 15.8 Å². The van der Waals surface area contributed by atoms with Crippen LogP contribution in [0, 0.1) is 18.8 Å². The molecule has 0 aromatic heterocycles. The fourth-order valence-corrected chi connectivity index (χ4v) is 1.85. The quantitative estimate of drug-likeness (QED) is 0.552. The molecule has 0 aliphatic carbocycles. The third-order valence-corrected chi connectivity index (χ3v) is 2.66. The van der Waals surface area contributed by atoms with Crippen molar-refractivity contribution in [1.29, 1.82) is 0 Å². The van der Waals surface area contributed by atoms with Gasteiger partial charge in [-0.25, -0.2) is 8.42 Å². The first-order chi connectivity index (χ1) is 6.36. The van der Waals surface area contributed by atoms with Gasteiger partial charge in [0.25, 0.3) is 0 Å². The zero-order valence-electron chi connectivity index (χ0n) is 7.64. The Morgan fingerprint density at radius 1 is 1.21 bits per heavy atom. The SMILES string of the molecule is Cc1cc(S(=O)(=O)[O-])cc(C)c1N=O. The number of rotatable bonds is 2. The Bertz CT molecular complexity index is 455. The molecule has 0 saturated heterocycles. The first-order valence-corrected chi connectivity index (χ1v) is 5.17. The van der Waals surface area contributed by atoms with Crippen molar-refractivity contribution in [2.24, 2.45) is 5.18 Å². The zero-order valence-corrected chi connectivity index (χ0v) is 8.46. The molecule has 0 heterocycles. The molecule has 5 nitrogen and oxygen atoms in total. The molecule has 1 aromatic rings. The van der Waals surface area contributed by atoms with E-state index >= 15 is 0 Å². The lowest BCUT2D eigenvalue weighted by Crippen LogP contribution is -1.99. The minimum atomic E-state index is -4.47. The highest BCUT2D eigenvalue weighted by Crippen LogP contribution is 2.26. The van der Waals surface area contributed by atoms with Crippen LogP contribution in [0.3, 0.4) is 0 Å². The summed E-state index contributed by atoms with van der Waals surface area (Å²) in [5, 5.41) is 2.75. The Balaban J connectivity index is 3.50. The molecule has 0 unspecified atom stereocenters. The van der Waals surface area contributed by atoms with Crippen molar-refractivity contribution in [3.05, 3.63) is 28.2 Å². The average molecular weight is 214 g/mol. The van der Waals surface area contributed by atoms with Crippen molar-refractivity contribution in [3.63, 3.8) is 0 Å². The Labute approximate surface area is 81.5 Å². The molecule has 76 valence electrons. The van der Waals surface area contributed by atoms with E-state index in [4.69, 9.17) is 0 Å². The number of hydrogen-bond acceptors (Lipinski definition) is 5. The highest BCUT2D eigenvalue weighted by atomic mass is 32.2. The van der Waals surface area contributed by atoms with Crippen LogP contribution in [0.15, 0.2) is 22.2 Å². The summed E-state index contributed by atoms with van der Waals surface area (Å²) in [5.41, 5.74) is 0.946. The molecule has 1 rings (SSSR count). The van der Waals surface area contributed by atoms with E-state index in [0.717, 1.165) is 12.1 Å². The monoisotopic (exact) mass is 214 g/mol. The third kappa shape index (κ3) is 1.97. The van der Waals surface area contributed by atoms with Crippen LogP contribution in [0.2, 0.25) is 0 Å². The van der Waals surface area contributed by atoms with Crippen molar-refractivity contribution < 1.29 is 13.0 Å². The predicted octanol–water partition coefficient (Wildman–Crippen LogP) is 1.61. The first-order valence-electron chi connectivity index (χ1n) is 3.77. The van der Waals surface area contributed by atoms with Gasteiger partial charge in [-0.15, -0.1) is 4.91 Å². The first kappa shape index (κ1) is 10.8. The third-order valence-electron chi connectivity index (χ3n) is 1.84. The Morgan fingerprint density at radius 2 is 1.64 bits per heavy atom. The number of nitroso groups, excluding NO2 is 1. The molecule has 0 fully saturated rings. The molecule has 0 N–H and O–H groups in total. The summed E-state index contributed by atoms with van der Waals surface area (Å²) in [6.45, 7) is 3.05. The van der Waals surface area contributed by atoms with E-state index in [0.29, 0.717) is 11.1 Å². The zero-order chi connectivity index (χ0) is 10.9. The van der Waals surface area contributed by atoms with Gasteiger partial charge in [0, 0.05) is 0 Å². The topological polar surface area (TPSA) is 86.6 Å². The fourth-order valence-electron chi connectivity index (χ4n) is 1.20. The molecular formula is C8H8NO4S-. The maximum atomic E-state index is 10.7. The molecule has 0 atom stereocenters. The number of benzene rings is 1. The van der Waals surface area contributed by atoms with Crippen LogP contribution in [-0.2, 0) is 10.1 Å². The highest BCUT2D eigenvalue weighted by molar-refractivity contribution is 7.85. The average Bonchev–Trinajstić information content (AvgIpc) is 2.01. The van der Waals surface area contributed by atoms with Crippen molar-refractivity contribution in [2.45, 2.75) is 18.7 Å². The van der Waals surface area contributed by atoms with E-state index in [-0.39, 0.29) is 10.6 Å². The molecule has 0 bridgehead atoms. The van der Waals surface area contributed by atoms with E-state index < -0.39 is 10.1 Å². The van der Waals surface area contributed by atoms with E-state index in [1.165, 1.54) is 13.8 Å². The number of aryl methyl sites for hydroxylation is 2. The van der Waals surface area contributed by atoms with E-state index in [1.807, 2.05) is 0 Å². The van der Waals surface area contributed by atoms with Crippen LogP contribution in [0.4, 0.5) is 5.69 Å². The molecule has 0 amide bonds. The molecule has 0 spiro atoms. The van der Waals surface area contributed by atoms with Crippen LogP contribution in [-0.4, -0.2) is 13.0 Å². The van der Waals surface area contributed by atoms with Gasteiger partial charge >= 0.3 is 0 Å². The molecule has 6 heteroatoms. The predicted molar refractivity (Wildman–Crippen MR) is 49.3 cm³/mol. The Hall–Kier alpha value is -1.27. The Kier molecular flexibility index (Phi) is 2.68. The van der Waals surface area contributed by atoms with Gasteiger partial charge in [-0.3, -0.25) is 0 Å². The Morgan fingerprint density at radius 3 is 1.93 bits per heavy atom. The van der Waals surface area contributed by atoms with E-state index in [1.54, 1.807) is 0 Å². The van der Waals surface area contributed by atoms with Gasteiger partial charge in [0.15, 0.2) is 0 Å². The number of hydrogen-bond donors (Lipinski definition) is 0. The minimum Gasteiger partial charge on any atom is -0.744 e. The summed E-state index contributed by atoms with van der Waals surface area (Å²) in [5.74, 6) is 0. The lowest BCUT2D eigenvalue weighted by molar-refractivity contribution is 0.463. The van der Waals surface area contributed by atoms with Crippen LogP contribution in [0.1, 0.15) is 11.1 Å². The van der Waals surface area contributed by atoms with Crippen LogP contribution in [0.25, 0.3) is 0 Å². The lowest BCUT2D eigenvalue weighted by Gasteiger charge is -2.10. The molecule has 0 aliphatic rings. The van der Waals surface area contributed by atoms with E-state index in [9.17, 15) is 17.9 Å². The van der Waals surface area contributed by atoms with Gasteiger partial charge in [0.2, 0.25) is 0 Å². The van der Waals surface area contributed by atoms with Gasteiger partial charge in [-0.05, 0) is 42.3 Å². The highest BCUT2D eigenvalue weighted by Gasteiger charge is 2.08. The molecule has 0 saturated carbocycles. The smallest absolute Gasteiger partial charge is 0.124 e. The normalized spacial score (nSPS) is 11.4. The maximum Gasteiger partial charge on any atom is 0.124 e. The minimum absolute atomic E-state index is 0.178. The van der Waals surface area contributed by atoms with Gasteiger partial charge in [0.05, 0.1) is 4.90 Å². The summed E-state index contributed by atoms with van der Waals surface area (Å²) < 4.78 is 32.0. The number of nitrogens with zero attached hydrogens (tertiary/aromatic N) is 1. The standard InChI is InChI=1S/C8H9NO4S/c1-5-3-7(14(11,12)13)4-6(2)8(5)9-10/h3-4H,1-2H3,(H,11,12,13)/p-1.